The Balaban J connectivity index is 2.78. The van der Waals surface area contributed by atoms with Crippen LogP contribution in [0.4, 0.5) is 5.69 Å². The van der Waals surface area contributed by atoms with Crippen LogP contribution in [0, 0.1) is 0 Å². The number of benzene rings is 1. The van der Waals surface area contributed by atoms with Crippen LogP contribution < -0.4 is 11.1 Å². The van der Waals surface area contributed by atoms with Crippen LogP contribution in [0.25, 0.3) is 0 Å². The Morgan fingerprint density at radius 3 is 2.71 bits per heavy atom. The van der Waals surface area contributed by atoms with Gasteiger partial charge in [0, 0.05) is 12.6 Å². The summed E-state index contributed by atoms with van der Waals surface area (Å²) in [6.45, 7) is 1.43. The Morgan fingerprint density at radius 2 is 2.14 bits per heavy atom. The Labute approximate surface area is 82.1 Å². The van der Waals surface area contributed by atoms with Gasteiger partial charge in [-0.3, -0.25) is 9.59 Å². The molecule has 0 aliphatic rings. The number of carbonyl (C=O) groups excluding carboxylic acids is 2. The summed E-state index contributed by atoms with van der Waals surface area (Å²) >= 11 is 0. The molecule has 4 nitrogen and oxygen atoms in total. The van der Waals surface area contributed by atoms with E-state index in [0.717, 1.165) is 5.56 Å². The van der Waals surface area contributed by atoms with E-state index in [9.17, 15) is 9.59 Å². The molecule has 0 atom stereocenters. The molecule has 3 N–H and O–H groups in total. The summed E-state index contributed by atoms with van der Waals surface area (Å²) in [5.41, 5.74) is 6.52. The summed E-state index contributed by atoms with van der Waals surface area (Å²) in [6, 6.07) is 7.04. The normalized spacial score (nSPS) is 9.50. The molecule has 0 saturated carbocycles. The van der Waals surface area contributed by atoms with Gasteiger partial charge >= 0.3 is 0 Å². The Bertz CT molecular complexity index is 330. The number of rotatable bonds is 3. The monoisotopic (exact) mass is 192 g/mol. The first-order chi connectivity index (χ1) is 6.58. The number of hydrogen-bond acceptors (Lipinski definition) is 2. The van der Waals surface area contributed by atoms with E-state index in [-0.39, 0.29) is 18.2 Å². The third-order valence-electron chi connectivity index (χ3n) is 1.63. The topological polar surface area (TPSA) is 72.2 Å². The van der Waals surface area contributed by atoms with Gasteiger partial charge in [-0.2, -0.15) is 0 Å². The van der Waals surface area contributed by atoms with Gasteiger partial charge in [0.25, 0.3) is 0 Å². The van der Waals surface area contributed by atoms with Gasteiger partial charge in [0.1, 0.15) is 0 Å². The molecule has 0 unspecified atom stereocenters. The molecule has 0 fully saturated rings. The molecule has 0 saturated heterocycles. The highest BCUT2D eigenvalue weighted by molar-refractivity contribution is 5.88. The lowest BCUT2D eigenvalue weighted by molar-refractivity contribution is -0.117. The lowest BCUT2D eigenvalue weighted by Gasteiger charge is -2.03. The minimum absolute atomic E-state index is 0.138. The third-order valence-corrected chi connectivity index (χ3v) is 1.63. The van der Waals surface area contributed by atoms with Crippen molar-refractivity contribution in [3.63, 3.8) is 0 Å². The van der Waals surface area contributed by atoms with Crippen molar-refractivity contribution in [3.05, 3.63) is 29.8 Å². The van der Waals surface area contributed by atoms with Crippen molar-refractivity contribution in [2.75, 3.05) is 5.32 Å². The first-order valence-electron chi connectivity index (χ1n) is 4.23. The third kappa shape index (κ3) is 3.26. The Morgan fingerprint density at radius 1 is 1.43 bits per heavy atom. The van der Waals surface area contributed by atoms with E-state index in [1.54, 1.807) is 24.3 Å². The molecule has 0 radical (unpaired) electrons. The lowest BCUT2D eigenvalue weighted by Crippen LogP contribution is -2.14. The number of nitrogens with one attached hydrogen (secondary N) is 1. The first kappa shape index (κ1) is 10.2. The number of amides is 2. The van der Waals surface area contributed by atoms with E-state index < -0.39 is 0 Å². The maximum Gasteiger partial charge on any atom is 0.221 e. The van der Waals surface area contributed by atoms with Gasteiger partial charge in [-0.15, -0.1) is 0 Å². The quantitative estimate of drug-likeness (QED) is 0.738. The van der Waals surface area contributed by atoms with Crippen molar-refractivity contribution >= 4 is 17.5 Å². The lowest BCUT2D eigenvalue weighted by atomic mass is 10.1. The number of carbonyl (C=O) groups is 2. The van der Waals surface area contributed by atoms with Crippen LogP contribution in [0.15, 0.2) is 24.3 Å². The van der Waals surface area contributed by atoms with E-state index in [0.29, 0.717) is 5.69 Å². The zero-order chi connectivity index (χ0) is 10.6. The molecule has 2 amide bonds. The zero-order valence-electron chi connectivity index (χ0n) is 7.91. The van der Waals surface area contributed by atoms with Crippen molar-refractivity contribution in [2.24, 2.45) is 5.73 Å². The van der Waals surface area contributed by atoms with Gasteiger partial charge in [-0.1, -0.05) is 12.1 Å². The average molecular weight is 192 g/mol. The van der Waals surface area contributed by atoms with Gasteiger partial charge in [0.2, 0.25) is 11.8 Å². The van der Waals surface area contributed by atoms with Crippen molar-refractivity contribution in [3.8, 4) is 0 Å². The molecule has 74 valence electrons. The molecular formula is C10H12N2O2. The van der Waals surface area contributed by atoms with Crippen LogP contribution in [0.3, 0.4) is 0 Å². The average Bonchev–Trinajstić information content (AvgIpc) is 2.01. The minimum Gasteiger partial charge on any atom is -0.369 e. The summed E-state index contributed by atoms with van der Waals surface area (Å²) < 4.78 is 0. The van der Waals surface area contributed by atoms with E-state index in [1.807, 2.05) is 0 Å². The van der Waals surface area contributed by atoms with Gasteiger partial charge in [-0.25, -0.2) is 0 Å². The van der Waals surface area contributed by atoms with E-state index in [4.69, 9.17) is 5.73 Å². The van der Waals surface area contributed by atoms with Gasteiger partial charge in [-0.05, 0) is 17.7 Å². The van der Waals surface area contributed by atoms with Crippen LogP contribution in [0.5, 0.6) is 0 Å². The highest BCUT2D eigenvalue weighted by Crippen LogP contribution is 2.10. The molecule has 4 heteroatoms. The van der Waals surface area contributed by atoms with Crippen molar-refractivity contribution in [2.45, 2.75) is 13.3 Å². The Kier molecular flexibility index (Phi) is 3.23. The van der Waals surface area contributed by atoms with Crippen LogP contribution in [0.2, 0.25) is 0 Å². The van der Waals surface area contributed by atoms with E-state index in [1.165, 1.54) is 6.92 Å². The Hall–Kier alpha value is -1.84. The summed E-state index contributed by atoms with van der Waals surface area (Å²) in [4.78, 5) is 21.4. The second-order valence-corrected chi connectivity index (χ2v) is 3.02. The molecule has 0 spiro atoms. The number of primary amides is 1. The van der Waals surface area contributed by atoms with Gasteiger partial charge in [0.05, 0.1) is 6.42 Å². The smallest absolute Gasteiger partial charge is 0.221 e. The standard InChI is InChI=1S/C10H12N2O2/c1-7(13)12-9-4-2-3-8(5-9)6-10(11)14/h2-5H,6H2,1H3,(H2,11,14)(H,12,13). The minimum atomic E-state index is -0.384. The van der Waals surface area contributed by atoms with Crippen LogP contribution >= 0.6 is 0 Å². The molecule has 0 aromatic heterocycles. The second kappa shape index (κ2) is 4.41. The van der Waals surface area contributed by atoms with Crippen molar-refractivity contribution in [1.29, 1.82) is 0 Å². The predicted molar refractivity (Wildman–Crippen MR) is 53.6 cm³/mol. The first-order valence-corrected chi connectivity index (χ1v) is 4.23. The molecule has 1 aromatic rings. The zero-order valence-corrected chi connectivity index (χ0v) is 7.91. The van der Waals surface area contributed by atoms with Crippen LogP contribution in [-0.2, 0) is 16.0 Å². The van der Waals surface area contributed by atoms with Crippen LogP contribution in [-0.4, -0.2) is 11.8 Å². The fourth-order valence-corrected chi connectivity index (χ4v) is 1.16. The van der Waals surface area contributed by atoms with Gasteiger partial charge in [0.15, 0.2) is 0 Å². The SMILES string of the molecule is CC(=O)Nc1cccc(CC(N)=O)c1. The van der Waals surface area contributed by atoms with E-state index in [2.05, 4.69) is 5.32 Å². The maximum atomic E-state index is 10.7. The second-order valence-electron chi connectivity index (χ2n) is 3.02. The summed E-state index contributed by atoms with van der Waals surface area (Å²) in [6.07, 6.45) is 0.188. The van der Waals surface area contributed by atoms with Crippen LogP contribution in [0.1, 0.15) is 12.5 Å². The van der Waals surface area contributed by atoms with Crippen molar-refractivity contribution in [1.82, 2.24) is 0 Å². The fourth-order valence-electron chi connectivity index (χ4n) is 1.16. The highest BCUT2D eigenvalue weighted by Gasteiger charge is 2.00. The molecule has 0 aliphatic carbocycles. The van der Waals surface area contributed by atoms with E-state index >= 15 is 0 Å². The molecule has 0 bridgehead atoms. The number of nitrogens with two attached hydrogens (primary N) is 1. The molecule has 1 aromatic carbocycles. The maximum absolute atomic E-state index is 10.7. The molecule has 14 heavy (non-hydrogen) atoms. The number of hydrogen-bond donors (Lipinski definition) is 2. The highest BCUT2D eigenvalue weighted by atomic mass is 16.1. The predicted octanol–water partition coefficient (Wildman–Crippen LogP) is 0.673. The molecular weight excluding hydrogens is 180 g/mol. The molecule has 0 aliphatic heterocycles. The molecule has 1 rings (SSSR count). The summed E-state index contributed by atoms with van der Waals surface area (Å²) in [5.74, 6) is -0.522. The fraction of sp³-hybridized carbons (Fsp3) is 0.200. The molecule has 0 heterocycles. The largest absolute Gasteiger partial charge is 0.369 e. The summed E-state index contributed by atoms with van der Waals surface area (Å²) in [5, 5.41) is 2.63. The number of anilines is 1. The van der Waals surface area contributed by atoms with Gasteiger partial charge < -0.3 is 11.1 Å². The summed E-state index contributed by atoms with van der Waals surface area (Å²) in [7, 11) is 0. The van der Waals surface area contributed by atoms with Crippen molar-refractivity contribution < 1.29 is 9.59 Å².